The molecular formula is C15H22N2O4. The number of ether oxygens (including phenoxy) is 2. The number of hydrogen-bond donors (Lipinski definition) is 1. The Morgan fingerprint density at radius 3 is 2.48 bits per heavy atom. The molecule has 2 N–H and O–H groups in total. The Bertz CT molecular complexity index is 482. The van der Waals surface area contributed by atoms with E-state index in [1.807, 2.05) is 6.92 Å². The van der Waals surface area contributed by atoms with Gasteiger partial charge in [-0.25, -0.2) is 0 Å². The lowest BCUT2D eigenvalue weighted by molar-refractivity contribution is -0.140. The fourth-order valence-electron chi connectivity index (χ4n) is 1.96. The fraction of sp³-hybridized carbons (Fsp3) is 0.467. The largest absolute Gasteiger partial charge is 0.469 e. The normalized spacial score (nSPS) is 10.2. The zero-order chi connectivity index (χ0) is 15.8. The third-order valence-corrected chi connectivity index (χ3v) is 3.01. The number of carbonyl (C=O) groups is 2. The molecule has 6 nitrogen and oxygen atoms in total. The van der Waals surface area contributed by atoms with Crippen LogP contribution >= 0.6 is 0 Å². The molecule has 21 heavy (non-hydrogen) atoms. The van der Waals surface area contributed by atoms with Crippen molar-refractivity contribution in [3.63, 3.8) is 0 Å². The van der Waals surface area contributed by atoms with Gasteiger partial charge in [0.2, 0.25) is 0 Å². The maximum absolute atomic E-state index is 12.5. The van der Waals surface area contributed by atoms with E-state index < -0.39 is 0 Å². The first-order valence-corrected chi connectivity index (χ1v) is 6.70. The van der Waals surface area contributed by atoms with Gasteiger partial charge in [0.25, 0.3) is 5.91 Å². The number of amides is 1. The zero-order valence-corrected chi connectivity index (χ0v) is 12.7. The predicted molar refractivity (Wildman–Crippen MR) is 80.0 cm³/mol. The Morgan fingerprint density at radius 1 is 1.19 bits per heavy atom. The van der Waals surface area contributed by atoms with Crippen molar-refractivity contribution < 1.29 is 19.1 Å². The Balaban J connectivity index is 2.84. The molecule has 1 amide bonds. The van der Waals surface area contributed by atoms with Crippen molar-refractivity contribution in [3.8, 4) is 0 Å². The topological polar surface area (TPSA) is 81.9 Å². The van der Waals surface area contributed by atoms with Crippen LogP contribution in [0.3, 0.4) is 0 Å². The number of nitrogens with two attached hydrogens (primary N) is 1. The third kappa shape index (κ3) is 5.43. The number of aryl methyl sites for hydroxylation is 1. The molecule has 0 unspecified atom stereocenters. The van der Waals surface area contributed by atoms with Crippen LogP contribution in [0.2, 0.25) is 0 Å². The summed E-state index contributed by atoms with van der Waals surface area (Å²) in [7, 11) is 2.89. The van der Waals surface area contributed by atoms with Crippen molar-refractivity contribution in [2.75, 3.05) is 39.6 Å². The summed E-state index contributed by atoms with van der Waals surface area (Å²) in [5, 5.41) is 0. The van der Waals surface area contributed by atoms with Gasteiger partial charge in [0.05, 0.1) is 20.1 Å². The number of rotatable bonds is 7. The van der Waals surface area contributed by atoms with Crippen LogP contribution in [0.15, 0.2) is 18.2 Å². The van der Waals surface area contributed by atoms with E-state index in [1.54, 1.807) is 30.2 Å². The van der Waals surface area contributed by atoms with Crippen molar-refractivity contribution in [2.24, 2.45) is 0 Å². The minimum absolute atomic E-state index is 0.146. The van der Waals surface area contributed by atoms with Crippen molar-refractivity contribution in [3.05, 3.63) is 29.3 Å². The highest BCUT2D eigenvalue weighted by Gasteiger charge is 2.17. The zero-order valence-electron chi connectivity index (χ0n) is 12.7. The Labute approximate surface area is 124 Å². The molecule has 1 aromatic carbocycles. The lowest BCUT2D eigenvalue weighted by Gasteiger charge is -2.22. The Morgan fingerprint density at radius 2 is 1.90 bits per heavy atom. The fourth-order valence-corrected chi connectivity index (χ4v) is 1.96. The van der Waals surface area contributed by atoms with E-state index in [2.05, 4.69) is 4.74 Å². The molecule has 6 heteroatoms. The van der Waals surface area contributed by atoms with Gasteiger partial charge < -0.3 is 20.1 Å². The quantitative estimate of drug-likeness (QED) is 0.604. The van der Waals surface area contributed by atoms with E-state index >= 15 is 0 Å². The lowest BCUT2D eigenvalue weighted by atomic mass is 10.1. The number of nitrogens with zero attached hydrogens (tertiary/aromatic N) is 1. The molecule has 0 spiro atoms. The van der Waals surface area contributed by atoms with Crippen LogP contribution in [0, 0.1) is 6.92 Å². The number of benzene rings is 1. The maximum Gasteiger partial charge on any atom is 0.307 e. The number of anilines is 1. The highest BCUT2D eigenvalue weighted by Crippen LogP contribution is 2.14. The van der Waals surface area contributed by atoms with Crippen LogP contribution in [-0.4, -0.2) is 50.7 Å². The first-order chi connectivity index (χ1) is 9.97. The summed E-state index contributed by atoms with van der Waals surface area (Å²) in [6, 6.07) is 5.20. The van der Waals surface area contributed by atoms with Gasteiger partial charge in [-0.3, -0.25) is 9.59 Å². The number of esters is 1. The summed E-state index contributed by atoms with van der Waals surface area (Å²) in [6.07, 6.45) is 0.146. The number of nitrogen functional groups attached to an aromatic ring is 1. The standard InChI is InChI=1S/C15H22N2O4/c1-11-8-12(10-13(16)9-11)15(19)17(6-7-20-2)5-4-14(18)21-3/h8-10H,4-7,16H2,1-3H3. The van der Waals surface area contributed by atoms with Gasteiger partial charge in [0, 0.05) is 31.5 Å². The summed E-state index contributed by atoms with van der Waals surface area (Å²) in [4.78, 5) is 25.3. The molecule has 0 fully saturated rings. The molecule has 0 bridgehead atoms. The van der Waals surface area contributed by atoms with Gasteiger partial charge in [-0.15, -0.1) is 0 Å². The third-order valence-electron chi connectivity index (χ3n) is 3.01. The van der Waals surface area contributed by atoms with Crippen molar-refractivity contribution in [2.45, 2.75) is 13.3 Å². The summed E-state index contributed by atoms with van der Waals surface area (Å²) in [6.45, 7) is 2.96. The first-order valence-electron chi connectivity index (χ1n) is 6.70. The number of hydrogen-bond acceptors (Lipinski definition) is 5. The predicted octanol–water partition coefficient (Wildman–Crippen LogP) is 1.23. The second kappa shape index (κ2) is 8.26. The smallest absolute Gasteiger partial charge is 0.307 e. The average molecular weight is 294 g/mol. The first kappa shape index (κ1) is 17.0. The average Bonchev–Trinajstić information content (AvgIpc) is 2.45. The van der Waals surface area contributed by atoms with Crippen LogP contribution in [0.5, 0.6) is 0 Å². The van der Waals surface area contributed by atoms with E-state index in [-0.39, 0.29) is 24.8 Å². The monoisotopic (exact) mass is 294 g/mol. The summed E-state index contributed by atoms with van der Waals surface area (Å²) >= 11 is 0. The number of methoxy groups -OCH3 is 2. The SMILES string of the molecule is COCCN(CCC(=O)OC)C(=O)c1cc(C)cc(N)c1. The molecule has 0 aliphatic rings. The van der Waals surface area contributed by atoms with Crippen LogP contribution in [0.1, 0.15) is 22.3 Å². The van der Waals surface area contributed by atoms with E-state index in [0.717, 1.165) is 5.56 Å². The number of carbonyl (C=O) groups excluding carboxylic acids is 2. The van der Waals surface area contributed by atoms with Gasteiger partial charge >= 0.3 is 5.97 Å². The lowest BCUT2D eigenvalue weighted by Crippen LogP contribution is -2.35. The van der Waals surface area contributed by atoms with Gasteiger partial charge in [-0.05, 0) is 30.7 Å². The molecule has 0 aliphatic heterocycles. The Kier molecular flexibility index (Phi) is 6.68. The maximum atomic E-state index is 12.5. The summed E-state index contributed by atoms with van der Waals surface area (Å²) < 4.78 is 9.60. The van der Waals surface area contributed by atoms with Crippen molar-refractivity contribution >= 4 is 17.6 Å². The van der Waals surface area contributed by atoms with Crippen LogP contribution in [0.25, 0.3) is 0 Å². The van der Waals surface area contributed by atoms with Crippen LogP contribution in [-0.2, 0) is 14.3 Å². The van der Waals surface area contributed by atoms with Gasteiger partial charge in [-0.2, -0.15) is 0 Å². The van der Waals surface area contributed by atoms with Crippen molar-refractivity contribution in [1.82, 2.24) is 4.90 Å². The molecule has 0 saturated heterocycles. The second-order valence-corrected chi connectivity index (χ2v) is 4.74. The van der Waals surface area contributed by atoms with Gasteiger partial charge in [-0.1, -0.05) is 0 Å². The molecule has 0 aliphatic carbocycles. The molecule has 1 rings (SSSR count). The molecule has 0 atom stereocenters. The van der Waals surface area contributed by atoms with Crippen LogP contribution < -0.4 is 5.73 Å². The van der Waals surface area contributed by atoms with Gasteiger partial charge in [0.15, 0.2) is 0 Å². The van der Waals surface area contributed by atoms with Crippen LogP contribution in [0.4, 0.5) is 5.69 Å². The molecule has 1 aromatic rings. The summed E-state index contributed by atoms with van der Waals surface area (Å²) in [5.74, 6) is -0.527. The highest BCUT2D eigenvalue weighted by molar-refractivity contribution is 5.95. The van der Waals surface area contributed by atoms with E-state index in [1.165, 1.54) is 7.11 Å². The molecular weight excluding hydrogens is 272 g/mol. The van der Waals surface area contributed by atoms with E-state index in [4.69, 9.17) is 10.5 Å². The molecule has 0 saturated carbocycles. The van der Waals surface area contributed by atoms with Gasteiger partial charge in [0.1, 0.15) is 0 Å². The van der Waals surface area contributed by atoms with E-state index in [0.29, 0.717) is 24.4 Å². The second-order valence-electron chi connectivity index (χ2n) is 4.74. The minimum Gasteiger partial charge on any atom is -0.469 e. The summed E-state index contributed by atoms with van der Waals surface area (Å²) in [5.41, 5.74) is 7.73. The molecule has 0 heterocycles. The minimum atomic E-state index is -0.353. The molecule has 116 valence electrons. The molecule has 0 aromatic heterocycles. The van der Waals surface area contributed by atoms with E-state index in [9.17, 15) is 9.59 Å². The molecule has 0 radical (unpaired) electrons. The highest BCUT2D eigenvalue weighted by atomic mass is 16.5. The van der Waals surface area contributed by atoms with Crippen molar-refractivity contribution in [1.29, 1.82) is 0 Å². The Hall–Kier alpha value is -2.08.